The van der Waals surface area contributed by atoms with Crippen molar-refractivity contribution >= 4 is 63.4 Å². The molecular weight excluding hydrogens is 1270 g/mol. The monoisotopic (exact) mass is 1360 g/mol. The van der Waals surface area contributed by atoms with E-state index in [-0.39, 0.29) is 74.6 Å². The second-order valence-corrected chi connectivity index (χ2v) is 27.9. The molecule has 97 heavy (non-hydrogen) atoms. The molecule has 1 saturated carbocycles. The van der Waals surface area contributed by atoms with Crippen molar-refractivity contribution in [3.8, 4) is 17.1 Å². The maximum atomic E-state index is 14.8. The van der Waals surface area contributed by atoms with Crippen LogP contribution in [0.4, 0.5) is 15.9 Å². The lowest BCUT2D eigenvalue weighted by Gasteiger charge is -2.46. The van der Waals surface area contributed by atoms with Gasteiger partial charge in [0.1, 0.15) is 65.9 Å². The number of amides is 2. The molecular formula is C74H94ClFN6O15. The van der Waals surface area contributed by atoms with Crippen LogP contribution in [0.1, 0.15) is 129 Å². The van der Waals surface area contributed by atoms with E-state index in [1.54, 1.807) is 52.1 Å². The number of benzene rings is 3. The molecule has 3 saturated heterocycles. The normalized spacial score (nSPS) is 30.1. The van der Waals surface area contributed by atoms with E-state index in [1.807, 2.05) is 67.3 Å². The summed E-state index contributed by atoms with van der Waals surface area (Å²) in [5, 5.41) is 51.3. The minimum absolute atomic E-state index is 0.0170. The average Bonchev–Trinajstić information content (AvgIpc) is 1.22. The third-order valence-electron chi connectivity index (χ3n) is 20.2. The fourth-order valence-corrected chi connectivity index (χ4v) is 14.9. The van der Waals surface area contributed by atoms with Crippen molar-refractivity contribution in [3.63, 3.8) is 0 Å². The van der Waals surface area contributed by atoms with Crippen molar-refractivity contribution in [2.75, 3.05) is 52.3 Å². The first-order chi connectivity index (χ1) is 46.5. The number of hydrogen-bond acceptors (Lipinski definition) is 19. The van der Waals surface area contributed by atoms with Crippen molar-refractivity contribution < 1.29 is 76.9 Å². The van der Waals surface area contributed by atoms with Crippen LogP contribution in [0, 0.1) is 35.4 Å². The van der Waals surface area contributed by atoms with Crippen molar-refractivity contribution in [1.29, 1.82) is 0 Å². The number of rotatable bonds is 16. The molecule has 23 heteroatoms. The summed E-state index contributed by atoms with van der Waals surface area (Å²) in [5.74, 6) is -6.90. The Hall–Kier alpha value is -6.99. The lowest BCUT2D eigenvalue weighted by Crippen LogP contribution is -2.64. The second kappa shape index (κ2) is 32.8. The van der Waals surface area contributed by atoms with E-state index in [0.717, 1.165) is 32.7 Å². The number of cyclic esters (lactones) is 1. The Bertz CT molecular complexity index is 3650. The molecule has 2 bridgehead atoms. The molecule has 21 nitrogen and oxygen atoms in total. The fraction of sp³-hybridized carbons (Fsp3) is 0.554. The van der Waals surface area contributed by atoms with Gasteiger partial charge in [0.2, 0.25) is 11.7 Å². The number of methoxy groups -OCH3 is 2. The Labute approximate surface area is 571 Å². The van der Waals surface area contributed by atoms with Gasteiger partial charge in [0.15, 0.2) is 0 Å². The predicted molar refractivity (Wildman–Crippen MR) is 361 cm³/mol. The zero-order chi connectivity index (χ0) is 69.2. The molecule has 0 radical (unpaired) electrons. The van der Waals surface area contributed by atoms with Gasteiger partial charge >= 0.3 is 5.97 Å². The van der Waals surface area contributed by atoms with Crippen molar-refractivity contribution in [2.24, 2.45) is 29.6 Å². The van der Waals surface area contributed by atoms with Crippen LogP contribution in [0.3, 0.4) is 0 Å². The second-order valence-electron chi connectivity index (χ2n) is 27.5. The van der Waals surface area contributed by atoms with E-state index in [1.165, 1.54) is 25.6 Å². The van der Waals surface area contributed by atoms with Crippen LogP contribution in [0.5, 0.6) is 5.75 Å². The van der Waals surface area contributed by atoms with Gasteiger partial charge in [-0.05, 0) is 168 Å². The average molecular weight is 1360 g/mol. The number of aromatic nitrogens is 2. The first-order valence-corrected chi connectivity index (χ1v) is 34.6. The Morgan fingerprint density at radius 2 is 1.64 bits per heavy atom. The number of halogens is 2. The number of anilines is 2. The highest BCUT2D eigenvalue weighted by molar-refractivity contribution is 6.39. The molecule has 3 aromatic carbocycles. The van der Waals surface area contributed by atoms with E-state index in [4.69, 9.17) is 39.7 Å². The number of carbonyl (C=O) groups is 5. The topological polar surface area (TPSA) is 273 Å². The Morgan fingerprint density at radius 3 is 2.39 bits per heavy atom. The minimum Gasteiger partial charge on any atom is -0.487 e. The van der Waals surface area contributed by atoms with Crippen LogP contribution in [-0.2, 0) is 56.1 Å². The van der Waals surface area contributed by atoms with Gasteiger partial charge in [-0.15, -0.1) is 0 Å². The van der Waals surface area contributed by atoms with E-state index in [0.29, 0.717) is 123 Å². The molecule has 0 unspecified atom stereocenters. The molecule has 2 aromatic heterocycles. The Kier molecular flexibility index (Phi) is 24.6. The lowest BCUT2D eigenvalue weighted by atomic mass is 9.81. The van der Waals surface area contributed by atoms with E-state index >= 15 is 0 Å². The Morgan fingerprint density at radius 1 is 0.856 bits per heavy atom. The highest BCUT2D eigenvalue weighted by Gasteiger charge is 2.56. The molecule has 10 rings (SSSR count). The third kappa shape index (κ3) is 17.9. The van der Waals surface area contributed by atoms with E-state index < -0.39 is 90.0 Å². The van der Waals surface area contributed by atoms with E-state index in [9.17, 15) is 48.8 Å². The summed E-state index contributed by atoms with van der Waals surface area (Å²) < 4.78 is 49.9. The fourth-order valence-electron chi connectivity index (χ4n) is 14.6. The SMILES string of the molecule is CO[C@H]1C[C@@H](C)[C@@]2(O)O[C@@H]1[C@@H](O)C[C@@H](C)C/C(C)=C/[C@@H](CCCC(=O)N1CCN(Cc3ccc(-c4ccc5ncnc(Nc6ccc(OCc7cccc(F)c7)c(Cl)c6)c5c4)o3)CC1)C(=O)C[C@H](O)[C@@H](C)[C@@H](/C(C)=C/[C@@H]1CC[C@@H](O)[C@H](OC)C1)OC(=O)[C@@H]1CCCCN1C(=O)C2=O. The van der Waals surface area contributed by atoms with Gasteiger partial charge in [-0.2, -0.15) is 0 Å². The van der Waals surface area contributed by atoms with Gasteiger partial charge < -0.3 is 63.6 Å². The number of fused-ring (bicyclic) bond motifs is 4. The number of carbonyl (C=O) groups excluding carboxylic acids is 5. The van der Waals surface area contributed by atoms with Crippen LogP contribution in [-0.4, -0.2) is 176 Å². The number of ketones is 2. The van der Waals surface area contributed by atoms with Gasteiger partial charge in [0, 0.05) is 94.2 Å². The van der Waals surface area contributed by atoms with Gasteiger partial charge in [-0.25, -0.2) is 19.2 Å². The molecule has 14 atom stereocenters. The quantitative estimate of drug-likeness (QED) is 0.0349. The maximum absolute atomic E-state index is 14.8. The molecule has 2 amide bonds. The lowest BCUT2D eigenvalue weighted by molar-refractivity contribution is -0.301. The number of nitrogens with one attached hydrogen (secondary N) is 1. The predicted octanol–water partition coefficient (Wildman–Crippen LogP) is 10.2. The van der Waals surface area contributed by atoms with Crippen molar-refractivity contribution in [2.45, 2.75) is 186 Å². The summed E-state index contributed by atoms with van der Waals surface area (Å²) in [7, 11) is 2.99. The molecule has 5 aromatic rings. The zero-order valence-corrected chi connectivity index (χ0v) is 57.3. The molecule has 1 aliphatic carbocycles. The molecule has 524 valence electrons. The van der Waals surface area contributed by atoms with Crippen LogP contribution >= 0.6 is 11.6 Å². The van der Waals surface area contributed by atoms with Crippen molar-refractivity contribution in [3.05, 3.63) is 125 Å². The first kappa shape index (κ1) is 72.7. The Balaban J connectivity index is 0.795. The standard InChI is InChI=1S/C74H94ClFN6O15/c1-43-30-44(2)32-62(86)69-66(93-7)34-46(4)74(91,97-69)70(88)72(89)82-25-9-8-15-58(82)73(90)96-68(45(3)33-48-17-22-59(83)65(36-48)92-6)47(5)60(84)39-61(85)50(31-43)13-11-16-67(87)81-28-26-80(27-29-81)40-54-20-24-63(95-54)51-18-21-57-55(37-51)71(78-42-77-57)79-53-19-23-64(56(75)38-53)94-41-49-12-10-14-52(76)35-49/h10,12,14,18-21,23-24,31,33,35,37-38,42,44,46-48,50,58-60,62,65-66,68-69,83-84,86,91H,8-9,11,13,15-17,22,25-30,32,34,36,39-41H2,1-7H3,(H,77,78,79)/b43-31+,45-33+/t44-,46+,47+,48-,50+,58-,59+,60-,62-,65+,66-,68+,69+,74+/m0/s1. The molecule has 0 spiro atoms. The van der Waals surface area contributed by atoms with Crippen LogP contribution in [0.15, 0.2) is 107 Å². The number of hydrogen-bond donors (Lipinski definition) is 5. The van der Waals surface area contributed by atoms with E-state index in [2.05, 4.69) is 20.2 Å². The first-order valence-electron chi connectivity index (χ1n) is 34.2. The number of allylic oxidation sites excluding steroid dienone is 3. The summed E-state index contributed by atoms with van der Waals surface area (Å²) in [6.45, 7) is 11.8. The van der Waals surface area contributed by atoms with Crippen LogP contribution in [0.2, 0.25) is 5.02 Å². The molecule has 6 heterocycles. The number of furan rings is 1. The number of Topliss-reactive ketones (excluding diaryl/α,β-unsaturated/α-hetero) is 2. The minimum atomic E-state index is -2.66. The highest BCUT2D eigenvalue weighted by Crippen LogP contribution is 2.40. The summed E-state index contributed by atoms with van der Waals surface area (Å²) in [6, 6.07) is 20.0. The third-order valence-corrected chi connectivity index (χ3v) is 20.5. The van der Waals surface area contributed by atoms with Crippen LogP contribution in [0.25, 0.3) is 22.2 Å². The number of aliphatic hydroxyl groups excluding tert-OH is 3. The summed E-state index contributed by atoms with van der Waals surface area (Å²) in [6.07, 6.45) is 2.57. The number of piperidine rings is 1. The van der Waals surface area contributed by atoms with Crippen molar-refractivity contribution in [1.82, 2.24) is 24.7 Å². The summed E-state index contributed by atoms with van der Waals surface area (Å²) in [4.78, 5) is 86.6. The smallest absolute Gasteiger partial charge is 0.329 e. The van der Waals surface area contributed by atoms with Gasteiger partial charge in [0.05, 0.1) is 47.6 Å². The summed E-state index contributed by atoms with van der Waals surface area (Å²) >= 11 is 6.63. The number of esters is 1. The number of aliphatic hydroxyl groups is 4. The number of piperazine rings is 1. The largest absolute Gasteiger partial charge is 0.487 e. The molecule has 4 aliphatic heterocycles. The molecule has 5 aliphatic rings. The van der Waals surface area contributed by atoms with Gasteiger partial charge in [0.25, 0.3) is 11.7 Å². The highest BCUT2D eigenvalue weighted by atomic mass is 35.5. The number of ether oxygens (including phenoxy) is 5. The van der Waals surface area contributed by atoms with Gasteiger partial charge in [-0.1, -0.05) is 62.2 Å². The van der Waals surface area contributed by atoms with Gasteiger partial charge in [-0.3, -0.25) is 24.1 Å². The van der Waals surface area contributed by atoms with Crippen LogP contribution < -0.4 is 10.1 Å². The summed E-state index contributed by atoms with van der Waals surface area (Å²) in [5.41, 5.74) is 4.32. The maximum Gasteiger partial charge on any atom is 0.329 e. The zero-order valence-electron chi connectivity index (χ0n) is 56.6. The molecule has 5 N–H and O–H groups in total. The molecule has 4 fully saturated rings. The number of nitrogens with zero attached hydrogens (tertiary/aromatic N) is 5.